The van der Waals surface area contributed by atoms with E-state index in [1.165, 1.54) is 0 Å². The molecule has 0 saturated carbocycles. The van der Waals surface area contributed by atoms with Gasteiger partial charge in [0.05, 0.1) is 18.8 Å². The number of hydrogen-bond donors (Lipinski definition) is 2. The van der Waals surface area contributed by atoms with Crippen LogP contribution in [-0.4, -0.2) is 88.1 Å². The maximum atomic E-state index is 5.81. The standard InChI is InChI=1S/C22H40N6O2.HI/c1-6-23-22(24-10-12-27(4)11-7-13-29-5)26-15-20-8-9-21(25-14-20)28-16-18(2)30-19(3)17-28;/h8-9,14,18-19H,6-7,10-13,15-17H2,1-5H3,(H2,23,24,26);1H. The molecule has 31 heavy (non-hydrogen) atoms. The van der Waals surface area contributed by atoms with Crippen molar-refractivity contribution in [3.05, 3.63) is 23.9 Å². The Labute approximate surface area is 205 Å². The summed E-state index contributed by atoms with van der Waals surface area (Å²) in [5, 5.41) is 6.72. The monoisotopic (exact) mass is 548 g/mol. The predicted molar refractivity (Wildman–Crippen MR) is 139 cm³/mol. The summed E-state index contributed by atoms with van der Waals surface area (Å²) < 4.78 is 10.9. The highest BCUT2D eigenvalue weighted by atomic mass is 127. The summed E-state index contributed by atoms with van der Waals surface area (Å²) in [5.74, 6) is 1.84. The van der Waals surface area contributed by atoms with Gasteiger partial charge >= 0.3 is 0 Å². The Hall–Kier alpha value is -1.17. The molecule has 8 nitrogen and oxygen atoms in total. The number of likely N-dealkylation sites (N-methyl/N-ethyl adjacent to an activating group) is 1. The summed E-state index contributed by atoms with van der Waals surface area (Å²) >= 11 is 0. The van der Waals surface area contributed by atoms with E-state index in [9.17, 15) is 0 Å². The molecule has 2 unspecified atom stereocenters. The average molecular weight is 549 g/mol. The lowest BCUT2D eigenvalue weighted by atomic mass is 10.2. The normalized spacial score (nSPS) is 19.3. The maximum Gasteiger partial charge on any atom is 0.191 e. The molecule has 1 fully saturated rings. The minimum absolute atomic E-state index is 0. The van der Waals surface area contributed by atoms with Crippen molar-refractivity contribution >= 4 is 35.8 Å². The number of hydrogen-bond acceptors (Lipinski definition) is 6. The Morgan fingerprint density at radius 2 is 2.00 bits per heavy atom. The molecule has 1 aromatic heterocycles. The summed E-state index contributed by atoms with van der Waals surface area (Å²) in [6.45, 7) is 13.1. The lowest BCUT2D eigenvalue weighted by Crippen LogP contribution is -2.45. The minimum atomic E-state index is 0. The van der Waals surface area contributed by atoms with Crippen LogP contribution in [0.3, 0.4) is 0 Å². The molecule has 9 heteroatoms. The third kappa shape index (κ3) is 10.8. The fraction of sp³-hybridized carbons (Fsp3) is 0.727. The number of nitrogens with one attached hydrogen (secondary N) is 2. The highest BCUT2D eigenvalue weighted by Gasteiger charge is 2.22. The molecule has 0 amide bonds. The van der Waals surface area contributed by atoms with E-state index in [1.54, 1.807) is 7.11 Å². The van der Waals surface area contributed by atoms with E-state index in [-0.39, 0.29) is 36.2 Å². The summed E-state index contributed by atoms with van der Waals surface area (Å²) in [6, 6.07) is 4.20. The zero-order valence-corrected chi connectivity index (χ0v) is 22.1. The van der Waals surface area contributed by atoms with Crippen molar-refractivity contribution in [2.45, 2.75) is 45.9 Å². The van der Waals surface area contributed by atoms with E-state index in [1.807, 2.05) is 6.20 Å². The first-order valence-corrected chi connectivity index (χ1v) is 11.1. The topological polar surface area (TPSA) is 74.2 Å². The molecule has 0 aliphatic carbocycles. The summed E-state index contributed by atoms with van der Waals surface area (Å²) in [5.41, 5.74) is 1.10. The number of pyridine rings is 1. The van der Waals surface area contributed by atoms with Gasteiger partial charge in [0.2, 0.25) is 0 Å². The smallest absolute Gasteiger partial charge is 0.191 e. The number of ether oxygens (including phenoxy) is 2. The largest absolute Gasteiger partial charge is 0.385 e. The molecule has 1 aliphatic heterocycles. The van der Waals surface area contributed by atoms with Crippen LogP contribution in [0.4, 0.5) is 5.82 Å². The number of halogens is 1. The van der Waals surface area contributed by atoms with Crippen molar-refractivity contribution in [3.8, 4) is 0 Å². The van der Waals surface area contributed by atoms with Gasteiger partial charge < -0.3 is 29.9 Å². The lowest BCUT2D eigenvalue weighted by Gasteiger charge is -2.36. The number of aliphatic imine (C=N–C) groups is 1. The van der Waals surface area contributed by atoms with Gasteiger partial charge in [0.1, 0.15) is 5.82 Å². The SMILES string of the molecule is CCNC(=NCc1ccc(N2CC(C)OC(C)C2)nc1)NCCN(C)CCCOC.I. The van der Waals surface area contributed by atoms with Crippen LogP contribution in [0.25, 0.3) is 0 Å². The van der Waals surface area contributed by atoms with E-state index in [2.05, 4.69) is 65.4 Å². The van der Waals surface area contributed by atoms with E-state index in [4.69, 9.17) is 14.5 Å². The second-order valence-corrected chi connectivity index (χ2v) is 7.96. The average Bonchev–Trinajstić information content (AvgIpc) is 2.72. The van der Waals surface area contributed by atoms with Gasteiger partial charge in [-0.1, -0.05) is 6.07 Å². The highest BCUT2D eigenvalue weighted by Crippen LogP contribution is 2.18. The molecular weight excluding hydrogens is 507 g/mol. The van der Waals surface area contributed by atoms with Gasteiger partial charge in [0.25, 0.3) is 0 Å². The van der Waals surface area contributed by atoms with Crippen LogP contribution in [0, 0.1) is 0 Å². The van der Waals surface area contributed by atoms with Gasteiger partial charge in [0, 0.05) is 59.2 Å². The molecule has 0 spiro atoms. The van der Waals surface area contributed by atoms with Crippen LogP contribution in [0.1, 0.15) is 32.8 Å². The first kappa shape index (κ1) is 27.9. The molecule has 2 atom stereocenters. The van der Waals surface area contributed by atoms with Gasteiger partial charge in [-0.3, -0.25) is 0 Å². The molecular formula is C22H41IN6O2. The maximum absolute atomic E-state index is 5.81. The van der Waals surface area contributed by atoms with Crippen LogP contribution in [0.15, 0.2) is 23.3 Å². The Bertz CT molecular complexity index is 621. The Morgan fingerprint density at radius 3 is 2.61 bits per heavy atom. The van der Waals surface area contributed by atoms with E-state index < -0.39 is 0 Å². The number of aromatic nitrogens is 1. The molecule has 2 N–H and O–H groups in total. The molecule has 0 radical (unpaired) electrons. The molecule has 0 bridgehead atoms. The second kappa shape index (κ2) is 15.6. The summed E-state index contributed by atoms with van der Waals surface area (Å²) in [6.07, 6.45) is 3.43. The van der Waals surface area contributed by atoms with Crippen molar-refractivity contribution in [2.75, 3.05) is 64.9 Å². The van der Waals surface area contributed by atoms with Crippen LogP contribution in [-0.2, 0) is 16.0 Å². The third-order valence-electron chi connectivity index (χ3n) is 4.99. The number of anilines is 1. The van der Waals surface area contributed by atoms with E-state index in [0.29, 0.717) is 6.54 Å². The van der Waals surface area contributed by atoms with Crippen LogP contribution in [0.5, 0.6) is 0 Å². The zero-order chi connectivity index (χ0) is 21.8. The van der Waals surface area contributed by atoms with Gasteiger partial charge in [-0.15, -0.1) is 24.0 Å². The lowest BCUT2D eigenvalue weighted by molar-refractivity contribution is -0.00545. The molecule has 2 rings (SSSR count). The molecule has 1 aromatic rings. The Balaban J connectivity index is 0.00000480. The number of methoxy groups -OCH3 is 1. The van der Waals surface area contributed by atoms with Crippen molar-refractivity contribution in [2.24, 2.45) is 4.99 Å². The van der Waals surface area contributed by atoms with Crippen molar-refractivity contribution < 1.29 is 9.47 Å². The molecule has 0 aromatic carbocycles. The van der Waals surface area contributed by atoms with Crippen molar-refractivity contribution in [1.82, 2.24) is 20.5 Å². The number of nitrogens with zero attached hydrogens (tertiary/aromatic N) is 4. The Kier molecular flexibility index (Phi) is 14.0. The quantitative estimate of drug-likeness (QED) is 0.190. The summed E-state index contributed by atoms with van der Waals surface area (Å²) in [7, 11) is 3.87. The second-order valence-electron chi connectivity index (χ2n) is 7.96. The molecule has 1 saturated heterocycles. The Morgan fingerprint density at radius 1 is 1.26 bits per heavy atom. The first-order valence-electron chi connectivity index (χ1n) is 11.1. The van der Waals surface area contributed by atoms with E-state index >= 15 is 0 Å². The zero-order valence-electron chi connectivity index (χ0n) is 19.8. The first-order chi connectivity index (χ1) is 14.5. The number of rotatable bonds is 11. The molecule has 178 valence electrons. The minimum Gasteiger partial charge on any atom is -0.385 e. The molecule has 1 aliphatic rings. The van der Waals surface area contributed by atoms with Crippen LogP contribution >= 0.6 is 24.0 Å². The number of guanidine groups is 1. The van der Waals surface area contributed by atoms with Gasteiger partial charge in [-0.2, -0.15) is 0 Å². The van der Waals surface area contributed by atoms with Crippen LogP contribution in [0.2, 0.25) is 0 Å². The fourth-order valence-electron chi connectivity index (χ4n) is 3.53. The van der Waals surface area contributed by atoms with Crippen molar-refractivity contribution in [3.63, 3.8) is 0 Å². The fourth-order valence-corrected chi connectivity index (χ4v) is 3.53. The van der Waals surface area contributed by atoms with Gasteiger partial charge in [-0.25, -0.2) is 9.98 Å². The predicted octanol–water partition coefficient (Wildman–Crippen LogP) is 2.34. The molecule has 2 heterocycles. The summed E-state index contributed by atoms with van der Waals surface area (Å²) in [4.78, 5) is 14.0. The van der Waals surface area contributed by atoms with Crippen LogP contribution < -0.4 is 15.5 Å². The number of morpholine rings is 1. The van der Waals surface area contributed by atoms with Crippen molar-refractivity contribution in [1.29, 1.82) is 0 Å². The van der Waals surface area contributed by atoms with Gasteiger partial charge in [0.15, 0.2) is 5.96 Å². The van der Waals surface area contributed by atoms with Gasteiger partial charge in [-0.05, 0) is 45.9 Å². The van der Waals surface area contributed by atoms with E-state index in [0.717, 1.165) is 69.6 Å². The third-order valence-corrected chi connectivity index (χ3v) is 4.99. The highest BCUT2D eigenvalue weighted by molar-refractivity contribution is 14.0.